The van der Waals surface area contributed by atoms with Crippen molar-refractivity contribution in [3.05, 3.63) is 95.9 Å². The number of pyridine rings is 1. The zero-order chi connectivity index (χ0) is 29.3. The van der Waals surface area contributed by atoms with E-state index in [1.54, 1.807) is 24.3 Å². The Morgan fingerprint density at radius 3 is 2.61 bits per heavy atom. The second-order valence-corrected chi connectivity index (χ2v) is 11.0. The monoisotopic (exact) mass is 554 g/mol. The van der Waals surface area contributed by atoms with Crippen LogP contribution >= 0.6 is 0 Å². The van der Waals surface area contributed by atoms with E-state index in [1.807, 2.05) is 29.8 Å². The normalized spacial score (nSPS) is 20.8. The van der Waals surface area contributed by atoms with Gasteiger partial charge in [-0.2, -0.15) is 0 Å². The Kier molecular flexibility index (Phi) is 7.76. The van der Waals surface area contributed by atoms with E-state index in [2.05, 4.69) is 30.6 Å². The van der Waals surface area contributed by atoms with Crippen molar-refractivity contribution in [2.75, 3.05) is 13.6 Å². The molecule has 1 aliphatic carbocycles. The molecule has 0 radical (unpaired) electrons. The van der Waals surface area contributed by atoms with E-state index in [0.717, 1.165) is 31.4 Å². The summed E-state index contributed by atoms with van der Waals surface area (Å²) in [5.41, 5.74) is 3.20. The zero-order valence-corrected chi connectivity index (χ0v) is 23.7. The molecule has 0 saturated carbocycles. The molecule has 1 fully saturated rings. The van der Waals surface area contributed by atoms with Gasteiger partial charge < -0.3 is 14.9 Å². The molecule has 1 amide bonds. The van der Waals surface area contributed by atoms with Crippen LogP contribution in [0.4, 0.5) is 4.39 Å². The third-order valence-electron chi connectivity index (χ3n) is 8.72. The molecular formula is C33H35FN4O3. The second kappa shape index (κ2) is 11.3. The number of halogens is 1. The van der Waals surface area contributed by atoms with Gasteiger partial charge in [0.15, 0.2) is 0 Å². The first-order valence-electron chi connectivity index (χ1n) is 14.0. The number of amides is 1. The predicted octanol–water partition coefficient (Wildman–Crippen LogP) is 6.47. The number of carbonyl (C=O) groups is 2. The van der Waals surface area contributed by atoms with Gasteiger partial charge in [0.05, 0.1) is 11.3 Å². The van der Waals surface area contributed by atoms with Gasteiger partial charge >= 0.3 is 5.97 Å². The number of hydrogen-bond donors (Lipinski definition) is 1. The number of aromatic nitrogens is 1. The third kappa shape index (κ3) is 5.38. The molecule has 2 aromatic rings. The van der Waals surface area contributed by atoms with Crippen molar-refractivity contribution in [2.24, 2.45) is 10.4 Å². The summed E-state index contributed by atoms with van der Waals surface area (Å²) in [4.78, 5) is 37.7. The number of likely N-dealkylation sites (tertiary alicyclic amines) is 1. The summed E-state index contributed by atoms with van der Waals surface area (Å²) in [6, 6.07) is 7.79. The van der Waals surface area contributed by atoms with Gasteiger partial charge in [0, 0.05) is 42.7 Å². The first-order valence-corrected chi connectivity index (χ1v) is 14.0. The zero-order valence-electron chi connectivity index (χ0n) is 23.7. The minimum Gasteiger partial charge on any atom is -0.478 e. The second-order valence-electron chi connectivity index (χ2n) is 11.0. The van der Waals surface area contributed by atoms with Crippen molar-refractivity contribution in [3.63, 3.8) is 0 Å². The average Bonchev–Trinajstić information content (AvgIpc) is 3.44. The van der Waals surface area contributed by atoms with E-state index in [4.69, 9.17) is 10.1 Å². The molecule has 0 bridgehead atoms. The fraction of sp³-hybridized carbons (Fsp3) is 0.333. The smallest absolute Gasteiger partial charge is 0.337 e. The first-order chi connectivity index (χ1) is 19.6. The van der Waals surface area contributed by atoms with Crippen LogP contribution in [0.1, 0.15) is 61.9 Å². The number of benzene rings is 1. The van der Waals surface area contributed by atoms with E-state index >= 15 is 4.39 Å². The Labute approximate surface area is 240 Å². The highest BCUT2D eigenvalue weighted by atomic mass is 19.1. The van der Waals surface area contributed by atoms with Crippen LogP contribution in [0, 0.1) is 11.2 Å². The van der Waals surface area contributed by atoms with Crippen LogP contribution in [-0.2, 0) is 4.79 Å². The third-order valence-corrected chi connectivity index (χ3v) is 8.72. The van der Waals surface area contributed by atoms with Crippen LogP contribution in [-0.4, -0.2) is 57.1 Å². The Morgan fingerprint density at radius 2 is 1.98 bits per heavy atom. The predicted molar refractivity (Wildman–Crippen MR) is 158 cm³/mol. The molecule has 8 heteroatoms. The van der Waals surface area contributed by atoms with E-state index < -0.39 is 11.8 Å². The molecule has 1 aromatic heterocycles. The van der Waals surface area contributed by atoms with E-state index in [1.165, 1.54) is 18.3 Å². The van der Waals surface area contributed by atoms with Gasteiger partial charge in [0.2, 0.25) is 0 Å². The Morgan fingerprint density at radius 1 is 1.22 bits per heavy atom. The van der Waals surface area contributed by atoms with Crippen molar-refractivity contribution in [3.8, 4) is 11.3 Å². The highest BCUT2D eigenvalue weighted by Crippen LogP contribution is 2.46. The summed E-state index contributed by atoms with van der Waals surface area (Å²) < 4.78 is 15.3. The minimum absolute atomic E-state index is 0.0612. The van der Waals surface area contributed by atoms with Crippen molar-refractivity contribution >= 4 is 23.2 Å². The van der Waals surface area contributed by atoms with Crippen molar-refractivity contribution in [1.29, 1.82) is 0 Å². The van der Waals surface area contributed by atoms with Gasteiger partial charge in [-0.25, -0.2) is 14.2 Å². The molecule has 212 valence electrons. The van der Waals surface area contributed by atoms with Gasteiger partial charge in [0.1, 0.15) is 17.3 Å². The van der Waals surface area contributed by atoms with Gasteiger partial charge in [-0.05, 0) is 80.4 Å². The Balaban J connectivity index is 1.40. The number of aliphatic imine (C=N–C) groups is 1. The van der Waals surface area contributed by atoms with Crippen molar-refractivity contribution in [2.45, 2.75) is 52.0 Å². The maximum absolute atomic E-state index is 15.3. The number of carboxylic acids is 1. The van der Waals surface area contributed by atoms with Gasteiger partial charge in [-0.1, -0.05) is 37.8 Å². The number of rotatable bonds is 6. The number of nitrogens with zero attached hydrogens (tertiary/aromatic N) is 4. The van der Waals surface area contributed by atoms with Gasteiger partial charge in [-0.15, -0.1) is 0 Å². The molecular weight excluding hydrogens is 519 g/mol. The first kappa shape index (κ1) is 28.2. The number of piperidine rings is 1. The lowest BCUT2D eigenvalue weighted by molar-refractivity contribution is -0.131. The molecule has 3 heterocycles. The quantitative estimate of drug-likeness (QED) is 0.414. The molecule has 41 heavy (non-hydrogen) atoms. The standard InChI is InChI=1S/C33H35FN4O3/c1-5-25-19-29(31(39)38-16-8-15-33(22(38)3)13-6-7-14-33)36-30(37(25)4)17-21(2)26-11-9-23(18-27(26)34)28-12-10-24(20-35-28)32(40)41/h6-7,9-12,17-20,22H,2,5,8,13-16H2,1,3-4H3,(H,40,41)/b30-17-. The lowest BCUT2D eigenvalue weighted by Crippen LogP contribution is -2.54. The molecule has 1 unspecified atom stereocenters. The molecule has 5 rings (SSSR count). The average molecular weight is 555 g/mol. The molecule has 1 aromatic carbocycles. The summed E-state index contributed by atoms with van der Waals surface area (Å²) >= 11 is 0. The summed E-state index contributed by atoms with van der Waals surface area (Å²) in [5.74, 6) is -1.11. The summed E-state index contributed by atoms with van der Waals surface area (Å²) in [6.45, 7) is 9.00. The van der Waals surface area contributed by atoms with Crippen LogP contribution in [0.25, 0.3) is 16.8 Å². The maximum atomic E-state index is 15.3. The Bertz CT molecular complexity index is 1510. The number of aromatic carboxylic acids is 1. The molecule has 1 N–H and O–H groups in total. The summed E-state index contributed by atoms with van der Waals surface area (Å²) in [7, 11) is 1.88. The van der Waals surface area contributed by atoms with E-state index in [0.29, 0.717) is 46.9 Å². The SMILES string of the molecule is C=C(/C=C1/N=C(C(=O)N2CCCC3(CC=CC3)C2C)C=C(CC)N1C)c1ccc(-c2ccc(C(=O)O)cn2)cc1F. The molecule has 7 nitrogen and oxygen atoms in total. The number of carbonyl (C=O) groups excluding carboxylic acids is 1. The van der Waals surface area contributed by atoms with Crippen LogP contribution in [0.5, 0.6) is 0 Å². The van der Waals surface area contributed by atoms with Crippen LogP contribution in [0.2, 0.25) is 0 Å². The number of carboxylic acid groups (broad SMARTS) is 1. The van der Waals surface area contributed by atoms with Gasteiger partial charge in [0.25, 0.3) is 5.91 Å². The molecule has 3 aliphatic rings. The largest absolute Gasteiger partial charge is 0.478 e. The Hall–Kier alpha value is -4.33. The number of hydrogen-bond acceptors (Lipinski definition) is 5. The molecule has 2 aliphatic heterocycles. The molecule has 1 atom stereocenters. The van der Waals surface area contributed by atoms with Gasteiger partial charge in [-0.3, -0.25) is 9.78 Å². The summed E-state index contributed by atoms with van der Waals surface area (Å²) in [6.07, 6.45) is 14.1. The highest BCUT2D eigenvalue weighted by Gasteiger charge is 2.44. The van der Waals surface area contributed by atoms with Crippen molar-refractivity contribution < 1.29 is 19.1 Å². The van der Waals surface area contributed by atoms with Crippen molar-refractivity contribution in [1.82, 2.24) is 14.8 Å². The minimum atomic E-state index is -1.07. The fourth-order valence-electron chi connectivity index (χ4n) is 6.09. The molecule has 1 spiro atoms. The fourth-order valence-corrected chi connectivity index (χ4v) is 6.09. The topological polar surface area (TPSA) is 86.1 Å². The van der Waals surface area contributed by atoms with E-state index in [-0.39, 0.29) is 22.9 Å². The van der Waals surface area contributed by atoms with E-state index in [9.17, 15) is 9.59 Å². The molecule has 1 saturated heterocycles. The highest BCUT2D eigenvalue weighted by molar-refractivity contribution is 6.43. The van der Waals surface area contributed by atoms with Crippen LogP contribution in [0.15, 0.2) is 83.9 Å². The maximum Gasteiger partial charge on any atom is 0.337 e. The lowest BCUT2D eigenvalue weighted by Gasteiger charge is -2.47. The number of allylic oxidation sites excluding steroid dienone is 5. The summed E-state index contributed by atoms with van der Waals surface area (Å²) in [5, 5.41) is 9.09. The van der Waals surface area contributed by atoms with Crippen LogP contribution in [0.3, 0.4) is 0 Å². The lowest BCUT2D eigenvalue weighted by atomic mass is 9.71. The van der Waals surface area contributed by atoms with Crippen LogP contribution < -0.4 is 0 Å².